The third-order valence-electron chi connectivity index (χ3n) is 5.21. The fraction of sp³-hybridized carbons (Fsp3) is 0.471. The van der Waals surface area contributed by atoms with Gasteiger partial charge in [-0.1, -0.05) is 35.4 Å². The molecule has 1 N–H and O–H groups in total. The van der Waals surface area contributed by atoms with E-state index >= 15 is 0 Å². The van der Waals surface area contributed by atoms with Crippen LogP contribution in [0.5, 0.6) is 0 Å². The van der Waals surface area contributed by atoms with E-state index in [1.807, 2.05) is 30.0 Å². The zero-order valence-electron chi connectivity index (χ0n) is 12.8. The lowest BCUT2D eigenvalue weighted by atomic mass is 10.0. The van der Waals surface area contributed by atoms with Crippen LogP contribution in [-0.2, 0) is 0 Å². The number of fused-ring (bicyclic) bond motifs is 3. The van der Waals surface area contributed by atoms with Crippen LogP contribution in [0.15, 0.2) is 23.1 Å². The lowest BCUT2D eigenvalue weighted by Gasteiger charge is -2.36. The predicted octanol–water partition coefficient (Wildman–Crippen LogP) is 5.92. The van der Waals surface area contributed by atoms with Gasteiger partial charge in [-0.2, -0.15) is 0 Å². The molecule has 0 saturated carbocycles. The number of hydrogen-bond acceptors (Lipinski definition) is 3. The SMILES string of the molecule is CN1[C@@H]2CC[C@H]1CC(Sc1c(Cl)cc3[nH]c(=S)ccc3c1Cl)C2. The lowest BCUT2D eigenvalue weighted by molar-refractivity contribution is 0.183. The average molecular weight is 385 g/mol. The van der Waals surface area contributed by atoms with Gasteiger partial charge < -0.3 is 9.88 Å². The first kappa shape index (κ1) is 16.2. The molecule has 0 amide bonds. The number of piperidine rings is 1. The Kier molecular flexibility index (Phi) is 4.39. The topological polar surface area (TPSA) is 19.0 Å². The van der Waals surface area contributed by atoms with Crippen molar-refractivity contribution in [3.05, 3.63) is 32.9 Å². The van der Waals surface area contributed by atoms with E-state index in [4.69, 9.17) is 35.4 Å². The molecule has 1 unspecified atom stereocenters. The van der Waals surface area contributed by atoms with Crippen molar-refractivity contribution < 1.29 is 0 Å². The molecule has 6 heteroatoms. The van der Waals surface area contributed by atoms with Crippen molar-refractivity contribution in [3.8, 4) is 0 Å². The highest BCUT2D eigenvalue weighted by Gasteiger charge is 2.39. The molecule has 0 aliphatic carbocycles. The Balaban J connectivity index is 1.67. The molecule has 0 radical (unpaired) electrons. The van der Waals surface area contributed by atoms with Crippen LogP contribution in [0.4, 0.5) is 0 Å². The maximum atomic E-state index is 6.67. The fourth-order valence-electron chi connectivity index (χ4n) is 3.95. The summed E-state index contributed by atoms with van der Waals surface area (Å²) in [6.45, 7) is 0. The summed E-state index contributed by atoms with van der Waals surface area (Å²) in [5.74, 6) is 0. The van der Waals surface area contributed by atoms with Crippen molar-refractivity contribution in [1.82, 2.24) is 9.88 Å². The molecule has 2 aliphatic heterocycles. The maximum absolute atomic E-state index is 6.67. The molecule has 3 heterocycles. The van der Waals surface area contributed by atoms with Gasteiger partial charge in [-0.15, -0.1) is 11.8 Å². The van der Waals surface area contributed by atoms with Crippen LogP contribution < -0.4 is 0 Å². The molecule has 122 valence electrons. The minimum atomic E-state index is 0.596. The summed E-state index contributed by atoms with van der Waals surface area (Å²) in [4.78, 5) is 6.73. The number of nitrogens with one attached hydrogen (secondary N) is 1. The van der Waals surface area contributed by atoms with E-state index in [-0.39, 0.29) is 0 Å². The molecule has 2 saturated heterocycles. The van der Waals surface area contributed by atoms with E-state index in [9.17, 15) is 0 Å². The second-order valence-corrected chi connectivity index (χ2v) is 9.08. The molecule has 2 bridgehead atoms. The second kappa shape index (κ2) is 6.23. The van der Waals surface area contributed by atoms with Gasteiger partial charge in [0.25, 0.3) is 0 Å². The molecule has 2 fully saturated rings. The average Bonchev–Trinajstić information content (AvgIpc) is 2.73. The van der Waals surface area contributed by atoms with Crippen LogP contribution in [0.2, 0.25) is 10.0 Å². The summed E-state index contributed by atoms with van der Waals surface area (Å²) in [5, 5.41) is 3.05. The Hall–Kier alpha value is -0.260. The summed E-state index contributed by atoms with van der Waals surface area (Å²) in [5.41, 5.74) is 0.903. The molecular formula is C17H18Cl2N2S2. The molecule has 3 atom stereocenters. The minimum absolute atomic E-state index is 0.596. The molecular weight excluding hydrogens is 367 g/mol. The van der Waals surface area contributed by atoms with E-state index in [1.165, 1.54) is 25.7 Å². The molecule has 2 aromatic rings. The third kappa shape index (κ3) is 2.93. The summed E-state index contributed by atoms with van der Waals surface area (Å²) >= 11 is 20.2. The van der Waals surface area contributed by atoms with Crippen molar-refractivity contribution in [2.75, 3.05) is 7.05 Å². The van der Waals surface area contributed by atoms with Crippen LogP contribution in [-0.4, -0.2) is 34.3 Å². The number of pyridine rings is 1. The van der Waals surface area contributed by atoms with Gasteiger partial charge in [0.2, 0.25) is 0 Å². The number of aromatic amines is 1. The van der Waals surface area contributed by atoms with Gasteiger partial charge in [0.15, 0.2) is 0 Å². The van der Waals surface area contributed by atoms with Gasteiger partial charge in [0, 0.05) is 33.1 Å². The van der Waals surface area contributed by atoms with Crippen LogP contribution in [0, 0.1) is 4.64 Å². The van der Waals surface area contributed by atoms with Crippen LogP contribution in [0.25, 0.3) is 10.9 Å². The van der Waals surface area contributed by atoms with Gasteiger partial charge in [-0.3, -0.25) is 0 Å². The summed E-state index contributed by atoms with van der Waals surface area (Å²) in [6, 6.07) is 7.25. The van der Waals surface area contributed by atoms with Gasteiger partial charge in [0.05, 0.1) is 10.0 Å². The van der Waals surface area contributed by atoms with Crippen molar-refractivity contribution in [1.29, 1.82) is 0 Å². The first-order valence-electron chi connectivity index (χ1n) is 7.92. The van der Waals surface area contributed by atoms with Crippen molar-refractivity contribution in [2.24, 2.45) is 0 Å². The highest BCUT2D eigenvalue weighted by atomic mass is 35.5. The van der Waals surface area contributed by atoms with E-state index in [0.717, 1.165) is 37.9 Å². The summed E-state index contributed by atoms with van der Waals surface area (Å²) in [7, 11) is 2.27. The number of aromatic nitrogens is 1. The Labute approximate surface area is 155 Å². The fourth-order valence-corrected chi connectivity index (χ4v) is 6.27. The third-order valence-corrected chi connectivity index (χ3v) is 7.74. The molecule has 23 heavy (non-hydrogen) atoms. The molecule has 2 aliphatic rings. The Morgan fingerprint density at radius 2 is 1.91 bits per heavy atom. The number of halogens is 2. The Bertz CT molecular complexity index is 806. The number of benzene rings is 1. The molecule has 1 aromatic heterocycles. The van der Waals surface area contributed by atoms with Crippen LogP contribution in [0.3, 0.4) is 0 Å². The van der Waals surface area contributed by atoms with Crippen LogP contribution >= 0.6 is 47.2 Å². The van der Waals surface area contributed by atoms with Crippen molar-refractivity contribution in [2.45, 2.75) is 47.9 Å². The zero-order chi connectivity index (χ0) is 16.1. The van der Waals surface area contributed by atoms with Crippen molar-refractivity contribution >= 4 is 58.1 Å². The van der Waals surface area contributed by atoms with Gasteiger partial charge >= 0.3 is 0 Å². The zero-order valence-corrected chi connectivity index (χ0v) is 16.0. The summed E-state index contributed by atoms with van der Waals surface area (Å²) < 4.78 is 0.692. The van der Waals surface area contributed by atoms with Gasteiger partial charge in [0.1, 0.15) is 4.64 Å². The van der Waals surface area contributed by atoms with E-state index in [1.54, 1.807) is 0 Å². The predicted molar refractivity (Wildman–Crippen MR) is 103 cm³/mol. The Morgan fingerprint density at radius 1 is 1.22 bits per heavy atom. The number of rotatable bonds is 2. The minimum Gasteiger partial charge on any atom is -0.346 e. The van der Waals surface area contributed by atoms with Crippen LogP contribution in [0.1, 0.15) is 25.7 Å². The van der Waals surface area contributed by atoms with E-state index in [2.05, 4.69) is 16.9 Å². The quantitative estimate of drug-likeness (QED) is 0.648. The smallest absolute Gasteiger partial charge is 0.103 e. The van der Waals surface area contributed by atoms with Gasteiger partial charge in [-0.05, 0) is 50.9 Å². The molecule has 1 aromatic carbocycles. The normalized spacial score (nSPS) is 27.7. The summed E-state index contributed by atoms with van der Waals surface area (Å²) in [6.07, 6.45) is 5.10. The van der Waals surface area contributed by atoms with E-state index in [0.29, 0.717) is 9.89 Å². The van der Waals surface area contributed by atoms with E-state index < -0.39 is 0 Å². The highest BCUT2D eigenvalue weighted by molar-refractivity contribution is 8.00. The maximum Gasteiger partial charge on any atom is 0.103 e. The lowest BCUT2D eigenvalue weighted by Crippen LogP contribution is -2.40. The monoisotopic (exact) mass is 384 g/mol. The molecule has 4 rings (SSSR count). The molecule has 2 nitrogen and oxygen atoms in total. The largest absolute Gasteiger partial charge is 0.346 e. The first-order valence-corrected chi connectivity index (χ1v) is 9.97. The number of H-pyrrole nitrogens is 1. The standard InChI is InChI=1S/C17H18Cl2N2S2/c1-21-9-2-3-10(21)7-11(6-9)23-17-13(18)8-14-12(16(17)19)4-5-15(22)20-14/h4-5,8-11H,2-3,6-7H2,1H3,(H,20,22)/t9-,10+,11?. The van der Waals surface area contributed by atoms with Gasteiger partial charge in [-0.25, -0.2) is 0 Å². The number of thioether (sulfide) groups is 1. The Morgan fingerprint density at radius 3 is 2.61 bits per heavy atom. The second-order valence-electron chi connectivity index (χ2n) is 6.55. The highest BCUT2D eigenvalue weighted by Crippen LogP contribution is 2.46. The number of hydrogen-bond donors (Lipinski definition) is 1. The first-order chi connectivity index (χ1) is 11.0. The number of nitrogens with zero attached hydrogens (tertiary/aromatic N) is 1. The molecule has 0 spiro atoms. The van der Waals surface area contributed by atoms with Crippen molar-refractivity contribution in [3.63, 3.8) is 0 Å².